The number of hydrogen-bond acceptors (Lipinski definition) is 1. The molecular formula is C14H28Cl2S. The molecule has 0 aliphatic carbocycles. The Bertz CT molecular complexity index is 154. The maximum atomic E-state index is 6.25. The molecule has 0 amide bonds. The molecule has 0 fully saturated rings. The van der Waals surface area contributed by atoms with Crippen molar-refractivity contribution in [3.8, 4) is 0 Å². The number of rotatable bonds is 10. The molecule has 0 aromatic heterocycles. The van der Waals surface area contributed by atoms with Crippen LogP contribution in [-0.4, -0.2) is 22.3 Å². The Labute approximate surface area is 122 Å². The van der Waals surface area contributed by atoms with Gasteiger partial charge >= 0.3 is 0 Å². The van der Waals surface area contributed by atoms with Crippen LogP contribution in [0.2, 0.25) is 0 Å². The van der Waals surface area contributed by atoms with Crippen LogP contribution in [0.15, 0.2) is 0 Å². The molecule has 0 aliphatic rings. The van der Waals surface area contributed by atoms with Crippen LogP contribution >= 0.6 is 35.0 Å². The molecule has 0 aliphatic heterocycles. The topological polar surface area (TPSA) is 0 Å². The lowest BCUT2D eigenvalue weighted by Crippen LogP contribution is -2.06. The van der Waals surface area contributed by atoms with Crippen molar-refractivity contribution in [3.63, 3.8) is 0 Å². The van der Waals surface area contributed by atoms with E-state index in [9.17, 15) is 0 Å². The maximum Gasteiger partial charge on any atom is 0.0346 e. The van der Waals surface area contributed by atoms with Gasteiger partial charge in [-0.25, -0.2) is 0 Å². The first kappa shape index (κ1) is 17.9. The lowest BCUT2D eigenvalue weighted by atomic mass is 10.1. The first-order valence-electron chi connectivity index (χ1n) is 6.77. The van der Waals surface area contributed by atoms with E-state index in [4.69, 9.17) is 23.2 Å². The minimum atomic E-state index is 0.352. The molecule has 3 heteroatoms. The third-order valence-corrected chi connectivity index (χ3v) is 4.45. The summed E-state index contributed by atoms with van der Waals surface area (Å²) in [5, 5.41) is 0.704. The fraction of sp³-hybridized carbons (Fsp3) is 1.00. The third-order valence-electron chi connectivity index (χ3n) is 2.61. The molecule has 0 rings (SSSR count). The molecule has 0 aromatic carbocycles. The van der Waals surface area contributed by atoms with E-state index in [1.165, 1.54) is 11.5 Å². The number of thioether (sulfide) groups is 1. The van der Waals surface area contributed by atoms with Crippen molar-refractivity contribution in [2.24, 2.45) is 11.8 Å². The van der Waals surface area contributed by atoms with Gasteiger partial charge in [-0.2, -0.15) is 11.8 Å². The summed E-state index contributed by atoms with van der Waals surface area (Å²) in [5.41, 5.74) is 0. The predicted octanol–water partition coefficient (Wildman–Crippen LogP) is 5.81. The van der Waals surface area contributed by atoms with Gasteiger partial charge in [-0.05, 0) is 49.0 Å². The zero-order valence-corrected chi connectivity index (χ0v) is 14.0. The van der Waals surface area contributed by atoms with Crippen LogP contribution in [0.25, 0.3) is 0 Å². The summed E-state index contributed by atoms with van der Waals surface area (Å²) >= 11 is 14.5. The van der Waals surface area contributed by atoms with Gasteiger partial charge in [-0.15, -0.1) is 23.2 Å². The average molecular weight is 299 g/mol. The van der Waals surface area contributed by atoms with Crippen LogP contribution in [0.5, 0.6) is 0 Å². The molecule has 104 valence electrons. The van der Waals surface area contributed by atoms with E-state index >= 15 is 0 Å². The molecule has 0 radical (unpaired) electrons. The number of hydrogen-bond donors (Lipinski definition) is 0. The highest BCUT2D eigenvalue weighted by atomic mass is 35.5. The van der Waals surface area contributed by atoms with Crippen LogP contribution in [0.4, 0.5) is 0 Å². The Morgan fingerprint density at radius 3 is 1.41 bits per heavy atom. The second-order valence-corrected chi connectivity index (χ2v) is 8.10. The SMILES string of the molecule is CC(C)CC(Cl)CCSCCC(Cl)CC(C)C. The lowest BCUT2D eigenvalue weighted by Gasteiger charge is -2.13. The van der Waals surface area contributed by atoms with Gasteiger partial charge < -0.3 is 0 Å². The Morgan fingerprint density at radius 1 is 0.765 bits per heavy atom. The normalized spacial score (nSPS) is 15.5. The average Bonchev–Trinajstić information content (AvgIpc) is 2.14. The van der Waals surface area contributed by atoms with Crippen LogP contribution < -0.4 is 0 Å². The first-order valence-corrected chi connectivity index (χ1v) is 8.80. The van der Waals surface area contributed by atoms with Gasteiger partial charge in [0.05, 0.1) is 0 Å². The summed E-state index contributed by atoms with van der Waals surface area (Å²) in [5.74, 6) is 3.76. The highest BCUT2D eigenvalue weighted by Gasteiger charge is 2.09. The predicted molar refractivity (Wildman–Crippen MR) is 84.8 cm³/mol. The van der Waals surface area contributed by atoms with Crippen LogP contribution in [-0.2, 0) is 0 Å². The van der Waals surface area contributed by atoms with Gasteiger partial charge in [0, 0.05) is 10.8 Å². The monoisotopic (exact) mass is 298 g/mol. The third kappa shape index (κ3) is 13.2. The van der Waals surface area contributed by atoms with Crippen molar-refractivity contribution in [2.45, 2.75) is 64.1 Å². The van der Waals surface area contributed by atoms with Crippen LogP contribution in [0, 0.1) is 11.8 Å². The molecule has 0 aromatic rings. The molecule has 17 heavy (non-hydrogen) atoms. The minimum Gasteiger partial charge on any atom is -0.162 e. The van der Waals surface area contributed by atoms with E-state index in [1.54, 1.807) is 0 Å². The van der Waals surface area contributed by atoms with Gasteiger partial charge in [0.1, 0.15) is 0 Å². The van der Waals surface area contributed by atoms with Crippen molar-refractivity contribution >= 4 is 35.0 Å². The van der Waals surface area contributed by atoms with Crippen molar-refractivity contribution < 1.29 is 0 Å². The standard InChI is InChI=1S/C14H28Cl2S/c1-11(2)9-13(15)5-7-17-8-6-14(16)10-12(3)4/h11-14H,5-10H2,1-4H3. The summed E-state index contributed by atoms with van der Waals surface area (Å²) < 4.78 is 0. The summed E-state index contributed by atoms with van der Waals surface area (Å²) in [7, 11) is 0. The van der Waals surface area contributed by atoms with E-state index in [0.717, 1.165) is 25.7 Å². The van der Waals surface area contributed by atoms with Gasteiger partial charge in [-0.3, -0.25) is 0 Å². The van der Waals surface area contributed by atoms with E-state index in [-0.39, 0.29) is 0 Å². The summed E-state index contributed by atoms with van der Waals surface area (Å²) in [6.07, 6.45) is 4.52. The maximum absolute atomic E-state index is 6.25. The Hall–Kier alpha value is 0.930. The Morgan fingerprint density at radius 2 is 1.12 bits per heavy atom. The highest BCUT2D eigenvalue weighted by Crippen LogP contribution is 2.20. The molecule has 2 atom stereocenters. The Balaban J connectivity index is 3.34. The van der Waals surface area contributed by atoms with E-state index < -0.39 is 0 Å². The zero-order chi connectivity index (χ0) is 13.3. The Kier molecular flexibility index (Phi) is 11.4. The molecular weight excluding hydrogens is 271 g/mol. The van der Waals surface area contributed by atoms with Crippen molar-refractivity contribution in [1.29, 1.82) is 0 Å². The quantitative estimate of drug-likeness (QED) is 0.362. The van der Waals surface area contributed by atoms with E-state index in [2.05, 4.69) is 27.7 Å². The second-order valence-electron chi connectivity index (χ2n) is 5.64. The summed E-state index contributed by atoms with van der Waals surface area (Å²) in [6, 6.07) is 0. The van der Waals surface area contributed by atoms with Crippen LogP contribution in [0.3, 0.4) is 0 Å². The van der Waals surface area contributed by atoms with E-state index in [1.807, 2.05) is 11.8 Å². The smallest absolute Gasteiger partial charge is 0.0346 e. The molecule has 0 saturated heterocycles. The van der Waals surface area contributed by atoms with Gasteiger partial charge in [0.2, 0.25) is 0 Å². The first-order chi connectivity index (χ1) is 7.91. The molecule has 0 spiro atoms. The van der Waals surface area contributed by atoms with Crippen molar-refractivity contribution in [2.75, 3.05) is 11.5 Å². The van der Waals surface area contributed by atoms with Gasteiger partial charge in [-0.1, -0.05) is 27.7 Å². The largest absolute Gasteiger partial charge is 0.162 e. The molecule has 0 nitrogen and oxygen atoms in total. The molecule has 2 unspecified atom stereocenters. The molecule has 0 heterocycles. The molecule has 0 saturated carbocycles. The second kappa shape index (κ2) is 10.8. The van der Waals surface area contributed by atoms with Crippen LogP contribution in [0.1, 0.15) is 53.4 Å². The van der Waals surface area contributed by atoms with Crippen molar-refractivity contribution in [1.82, 2.24) is 0 Å². The number of alkyl halides is 2. The van der Waals surface area contributed by atoms with Gasteiger partial charge in [0.25, 0.3) is 0 Å². The van der Waals surface area contributed by atoms with Crippen molar-refractivity contribution in [3.05, 3.63) is 0 Å². The summed E-state index contributed by atoms with van der Waals surface area (Å²) in [4.78, 5) is 0. The van der Waals surface area contributed by atoms with E-state index in [0.29, 0.717) is 22.6 Å². The highest BCUT2D eigenvalue weighted by molar-refractivity contribution is 7.99. The molecule has 0 bridgehead atoms. The summed E-state index contributed by atoms with van der Waals surface area (Å²) in [6.45, 7) is 8.91. The lowest BCUT2D eigenvalue weighted by molar-refractivity contribution is 0.555. The number of halogens is 2. The fourth-order valence-electron chi connectivity index (χ4n) is 1.78. The fourth-order valence-corrected chi connectivity index (χ4v) is 4.08. The molecule has 0 N–H and O–H groups in total. The zero-order valence-electron chi connectivity index (χ0n) is 11.7. The van der Waals surface area contributed by atoms with Gasteiger partial charge in [0.15, 0.2) is 0 Å². The minimum absolute atomic E-state index is 0.352.